The molecule has 11 heteroatoms. The van der Waals surface area contributed by atoms with Crippen LogP contribution in [0.1, 0.15) is 23.0 Å². The van der Waals surface area contributed by atoms with E-state index in [2.05, 4.69) is 9.69 Å². The third kappa shape index (κ3) is 4.22. The van der Waals surface area contributed by atoms with E-state index in [9.17, 15) is 19.7 Å². The number of carbonyl (C=O) groups is 2. The first kappa shape index (κ1) is 18.6. The number of aromatic nitrogens is 1. The van der Waals surface area contributed by atoms with E-state index in [-0.39, 0.29) is 27.0 Å². The molecule has 0 unspecified atom stereocenters. The highest BCUT2D eigenvalue weighted by Crippen LogP contribution is 2.27. The fraction of sp³-hybridized carbons (Fsp3) is 0.214. The van der Waals surface area contributed by atoms with Gasteiger partial charge < -0.3 is 15.8 Å². The molecule has 0 bridgehead atoms. The number of carbonyl (C=O) groups excluding carboxylic acids is 2. The molecule has 1 atom stereocenters. The number of hydrogen-bond donors (Lipinski definition) is 2. The number of hydrogen-bond acceptors (Lipinski definition) is 8. The molecule has 25 heavy (non-hydrogen) atoms. The van der Waals surface area contributed by atoms with Gasteiger partial charge in [0.1, 0.15) is 10.6 Å². The predicted molar refractivity (Wildman–Crippen MR) is 92.9 cm³/mol. The summed E-state index contributed by atoms with van der Waals surface area (Å²) in [6.45, 7) is 2.95. The molecule has 2 rings (SSSR count). The van der Waals surface area contributed by atoms with Gasteiger partial charge in [-0.2, -0.15) is 4.37 Å². The summed E-state index contributed by atoms with van der Waals surface area (Å²) in [7, 11) is 0. The molecule has 1 aromatic heterocycles. The van der Waals surface area contributed by atoms with Crippen LogP contribution in [0.4, 0.5) is 16.4 Å². The van der Waals surface area contributed by atoms with Crippen molar-refractivity contribution >= 4 is 51.4 Å². The van der Waals surface area contributed by atoms with E-state index in [1.807, 2.05) is 0 Å². The number of amides is 1. The minimum absolute atomic E-state index is 0.0386. The molecule has 9 nitrogen and oxygen atoms in total. The van der Waals surface area contributed by atoms with Gasteiger partial charge in [0.15, 0.2) is 6.10 Å². The van der Waals surface area contributed by atoms with Gasteiger partial charge in [-0.1, -0.05) is 11.6 Å². The number of aryl methyl sites for hydroxylation is 1. The van der Waals surface area contributed by atoms with Crippen molar-refractivity contribution in [3.63, 3.8) is 0 Å². The average molecular weight is 385 g/mol. The molecule has 0 aliphatic rings. The molecule has 1 aromatic carbocycles. The van der Waals surface area contributed by atoms with E-state index in [0.717, 1.165) is 17.6 Å². The minimum atomic E-state index is -1.18. The van der Waals surface area contributed by atoms with Gasteiger partial charge in [0, 0.05) is 12.1 Å². The quantitative estimate of drug-likeness (QED) is 0.459. The lowest BCUT2D eigenvalue weighted by Crippen LogP contribution is -2.30. The molecule has 0 fully saturated rings. The van der Waals surface area contributed by atoms with E-state index < -0.39 is 22.9 Å². The van der Waals surface area contributed by atoms with Crippen LogP contribution in [0, 0.1) is 17.0 Å². The molecule has 0 spiro atoms. The van der Waals surface area contributed by atoms with Gasteiger partial charge in [0.05, 0.1) is 21.3 Å². The summed E-state index contributed by atoms with van der Waals surface area (Å²) in [6, 6.07) is 3.60. The highest BCUT2D eigenvalue weighted by Gasteiger charge is 2.24. The largest absolute Gasteiger partial charge is 0.449 e. The Balaban J connectivity index is 2.09. The maximum Gasteiger partial charge on any atom is 0.343 e. The van der Waals surface area contributed by atoms with Crippen LogP contribution in [0.25, 0.3) is 0 Å². The molecule has 132 valence electrons. The molecule has 0 aliphatic heterocycles. The molecule has 0 aliphatic carbocycles. The van der Waals surface area contributed by atoms with Crippen molar-refractivity contribution in [2.45, 2.75) is 20.0 Å². The summed E-state index contributed by atoms with van der Waals surface area (Å²) >= 11 is 6.86. The van der Waals surface area contributed by atoms with Crippen LogP contribution in [0.3, 0.4) is 0 Å². The van der Waals surface area contributed by atoms with Crippen molar-refractivity contribution in [3.05, 3.63) is 44.6 Å². The van der Waals surface area contributed by atoms with Crippen LogP contribution >= 0.6 is 23.1 Å². The Hall–Kier alpha value is -2.72. The third-order valence-electron chi connectivity index (χ3n) is 3.16. The maximum atomic E-state index is 12.2. The van der Waals surface area contributed by atoms with Crippen molar-refractivity contribution in [1.82, 2.24) is 4.37 Å². The first-order valence-electron chi connectivity index (χ1n) is 6.88. The van der Waals surface area contributed by atoms with Crippen molar-refractivity contribution in [2.24, 2.45) is 0 Å². The van der Waals surface area contributed by atoms with Crippen LogP contribution in [-0.4, -0.2) is 27.3 Å². The minimum Gasteiger partial charge on any atom is -0.449 e. The summed E-state index contributed by atoms with van der Waals surface area (Å²) in [5, 5.41) is 13.5. The van der Waals surface area contributed by atoms with Crippen LogP contribution < -0.4 is 11.1 Å². The number of non-ortho nitro benzene ring substituents is 1. The van der Waals surface area contributed by atoms with Crippen LogP contribution in [0.5, 0.6) is 0 Å². The number of anilines is 2. The number of nitrogens with two attached hydrogens (primary N) is 1. The Morgan fingerprint density at radius 1 is 1.48 bits per heavy atom. The molecule has 1 amide bonds. The SMILES string of the molecule is Cc1nsc(N)c1C(=O)O[C@H](C)C(=O)Nc1cc([N+](=O)[O-])ccc1Cl. The highest BCUT2D eigenvalue weighted by molar-refractivity contribution is 7.10. The predicted octanol–water partition coefficient (Wildman–Crippen LogP) is 2.78. The van der Waals surface area contributed by atoms with Crippen molar-refractivity contribution < 1.29 is 19.2 Å². The monoisotopic (exact) mass is 384 g/mol. The van der Waals surface area contributed by atoms with E-state index in [1.165, 1.54) is 19.1 Å². The second-order valence-electron chi connectivity index (χ2n) is 4.97. The Kier molecular flexibility index (Phi) is 5.55. The van der Waals surface area contributed by atoms with Crippen LogP contribution in [-0.2, 0) is 9.53 Å². The number of benzene rings is 1. The Morgan fingerprint density at radius 2 is 2.16 bits per heavy atom. The number of halogens is 1. The number of nitrogens with one attached hydrogen (secondary N) is 1. The summed E-state index contributed by atoms with van der Waals surface area (Å²) < 4.78 is 9.00. The molecule has 0 saturated carbocycles. The lowest BCUT2D eigenvalue weighted by Gasteiger charge is -2.14. The number of esters is 1. The van der Waals surface area contributed by atoms with Gasteiger partial charge in [-0.25, -0.2) is 4.79 Å². The highest BCUT2D eigenvalue weighted by atomic mass is 35.5. The van der Waals surface area contributed by atoms with Crippen molar-refractivity contribution in [1.29, 1.82) is 0 Å². The van der Waals surface area contributed by atoms with Gasteiger partial charge >= 0.3 is 5.97 Å². The van der Waals surface area contributed by atoms with Gasteiger partial charge in [0.2, 0.25) is 0 Å². The van der Waals surface area contributed by atoms with E-state index >= 15 is 0 Å². The zero-order valence-electron chi connectivity index (χ0n) is 13.1. The standard InChI is InChI=1S/C14H13ClN4O5S/c1-6-11(12(16)25-18-6)14(21)24-7(2)13(20)17-10-5-8(19(22)23)3-4-9(10)15/h3-5,7H,16H2,1-2H3,(H,17,20)/t7-/m1/s1. The first-order valence-corrected chi connectivity index (χ1v) is 8.03. The van der Waals surface area contributed by atoms with E-state index in [0.29, 0.717) is 5.69 Å². The van der Waals surface area contributed by atoms with Crippen LogP contribution in [0.15, 0.2) is 18.2 Å². The molecular weight excluding hydrogens is 372 g/mol. The smallest absolute Gasteiger partial charge is 0.343 e. The number of nitrogens with zero attached hydrogens (tertiary/aromatic N) is 2. The Morgan fingerprint density at radius 3 is 2.72 bits per heavy atom. The van der Waals surface area contributed by atoms with Gasteiger partial charge in [0.25, 0.3) is 11.6 Å². The van der Waals surface area contributed by atoms with Crippen LogP contribution in [0.2, 0.25) is 5.02 Å². The molecular formula is C14H13ClN4O5S. The molecule has 2 aromatic rings. The van der Waals surface area contributed by atoms with Crippen molar-refractivity contribution in [3.8, 4) is 0 Å². The Bertz CT molecular complexity index is 834. The summed E-state index contributed by atoms with van der Waals surface area (Å²) in [5.74, 6) is -1.48. The summed E-state index contributed by atoms with van der Waals surface area (Å²) in [4.78, 5) is 34.4. The maximum absolute atomic E-state index is 12.2. The van der Waals surface area contributed by atoms with Gasteiger partial charge in [-0.05, 0) is 31.4 Å². The zero-order chi connectivity index (χ0) is 18.7. The summed E-state index contributed by atoms with van der Waals surface area (Å²) in [5.41, 5.74) is 5.97. The van der Waals surface area contributed by atoms with Gasteiger partial charge in [-0.3, -0.25) is 14.9 Å². The van der Waals surface area contributed by atoms with E-state index in [4.69, 9.17) is 22.1 Å². The molecule has 0 saturated heterocycles. The third-order valence-corrected chi connectivity index (χ3v) is 4.26. The average Bonchev–Trinajstić information content (AvgIpc) is 2.87. The number of nitrogen functional groups attached to an aromatic ring is 1. The number of nitro groups is 1. The fourth-order valence-corrected chi connectivity index (χ4v) is 2.68. The number of nitro benzene ring substituents is 1. The molecule has 1 heterocycles. The second kappa shape index (κ2) is 7.45. The molecule has 3 N–H and O–H groups in total. The molecule has 0 radical (unpaired) electrons. The summed E-state index contributed by atoms with van der Waals surface area (Å²) in [6.07, 6.45) is -1.18. The topological polar surface area (TPSA) is 137 Å². The van der Waals surface area contributed by atoms with E-state index in [1.54, 1.807) is 6.92 Å². The number of rotatable bonds is 5. The first-order chi connectivity index (χ1) is 11.7. The van der Waals surface area contributed by atoms with Gasteiger partial charge in [-0.15, -0.1) is 0 Å². The number of ether oxygens (including phenoxy) is 1. The lowest BCUT2D eigenvalue weighted by molar-refractivity contribution is -0.384. The second-order valence-corrected chi connectivity index (χ2v) is 6.18. The lowest BCUT2D eigenvalue weighted by atomic mass is 10.2. The Labute approximate surface area is 151 Å². The normalized spacial score (nSPS) is 11.6. The van der Waals surface area contributed by atoms with Crippen molar-refractivity contribution in [2.75, 3.05) is 11.1 Å². The fourth-order valence-electron chi connectivity index (χ4n) is 1.87. The zero-order valence-corrected chi connectivity index (χ0v) is 14.7.